The van der Waals surface area contributed by atoms with Crippen LogP contribution in [0.25, 0.3) is 0 Å². The lowest BCUT2D eigenvalue weighted by Crippen LogP contribution is -2.48. The SMILES string of the molecule is Cn1cncc1C1CCN(C(=O)NCC(C2CCC2)C2CCC2)CC1. The van der Waals surface area contributed by atoms with E-state index in [-0.39, 0.29) is 6.03 Å². The molecule has 2 heterocycles. The molecule has 3 aliphatic rings. The van der Waals surface area contributed by atoms with Crippen molar-refractivity contribution >= 4 is 6.03 Å². The molecule has 2 amide bonds. The van der Waals surface area contributed by atoms with Gasteiger partial charge >= 0.3 is 6.03 Å². The maximum absolute atomic E-state index is 12.6. The van der Waals surface area contributed by atoms with Crippen molar-refractivity contribution in [2.45, 2.75) is 57.3 Å². The number of aryl methyl sites for hydroxylation is 1. The molecule has 1 aromatic rings. The molecule has 2 aliphatic carbocycles. The summed E-state index contributed by atoms with van der Waals surface area (Å²) < 4.78 is 2.11. The zero-order valence-corrected chi connectivity index (χ0v) is 15.5. The van der Waals surface area contributed by atoms with Gasteiger partial charge in [-0.3, -0.25) is 0 Å². The Morgan fingerprint density at radius 1 is 1.16 bits per heavy atom. The van der Waals surface area contributed by atoms with Crippen LogP contribution in [0.15, 0.2) is 12.5 Å². The third kappa shape index (κ3) is 3.56. The van der Waals surface area contributed by atoms with Crippen LogP contribution in [-0.4, -0.2) is 40.1 Å². The molecular weight excluding hydrogens is 312 g/mol. The van der Waals surface area contributed by atoms with Gasteiger partial charge in [0.05, 0.1) is 6.33 Å². The summed E-state index contributed by atoms with van der Waals surface area (Å²) in [5, 5.41) is 3.28. The van der Waals surface area contributed by atoms with Crippen molar-refractivity contribution in [1.29, 1.82) is 0 Å². The highest BCUT2D eigenvalue weighted by Gasteiger charge is 2.36. The lowest BCUT2D eigenvalue weighted by molar-refractivity contribution is 0.0908. The van der Waals surface area contributed by atoms with Gasteiger partial charge in [-0.2, -0.15) is 0 Å². The largest absolute Gasteiger partial charge is 0.338 e. The summed E-state index contributed by atoms with van der Waals surface area (Å²) in [6, 6.07) is 0.159. The molecule has 0 unspecified atom stereocenters. The van der Waals surface area contributed by atoms with Crippen LogP contribution in [0.2, 0.25) is 0 Å². The quantitative estimate of drug-likeness (QED) is 0.888. The predicted molar refractivity (Wildman–Crippen MR) is 98.3 cm³/mol. The van der Waals surface area contributed by atoms with Crippen LogP contribution in [0.3, 0.4) is 0 Å². The fourth-order valence-corrected chi connectivity index (χ4v) is 4.91. The zero-order valence-electron chi connectivity index (χ0n) is 15.5. The molecule has 0 atom stereocenters. The van der Waals surface area contributed by atoms with Gasteiger partial charge in [0.2, 0.25) is 0 Å². The molecule has 4 rings (SSSR count). The molecule has 1 aliphatic heterocycles. The Balaban J connectivity index is 1.25. The molecule has 5 nitrogen and oxygen atoms in total. The van der Waals surface area contributed by atoms with E-state index in [9.17, 15) is 4.79 Å². The van der Waals surface area contributed by atoms with E-state index in [4.69, 9.17) is 0 Å². The van der Waals surface area contributed by atoms with Crippen molar-refractivity contribution in [1.82, 2.24) is 19.8 Å². The molecular formula is C20H32N4O. The molecule has 0 radical (unpaired) electrons. The van der Waals surface area contributed by atoms with Gasteiger partial charge in [0.1, 0.15) is 0 Å². The molecule has 0 bridgehead atoms. The summed E-state index contributed by atoms with van der Waals surface area (Å²) >= 11 is 0. The summed E-state index contributed by atoms with van der Waals surface area (Å²) in [4.78, 5) is 18.9. The van der Waals surface area contributed by atoms with Crippen LogP contribution in [-0.2, 0) is 7.05 Å². The second-order valence-electron chi connectivity index (χ2n) is 8.42. The number of likely N-dealkylation sites (tertiary alicyclic amines) is 1. The maximum atomic E-state index is 12.6. The number of piperidine rings is 1. The maximum Gasteiger partial charge on any atom is 0.317 e. The normalized spacial score (nSPS) is 22.7. The number of amides is 2. The third-order valence-corrected chi connectivity index (χ3v) is 7.05. The average molecular weight is 345 g/mol. The van der Waals surface area contributed by atoms with Gasteiger partial charge in [0.15, 0.2) is 0 Å². The van der Waals surface area contributed by atoms with Gasteiger partial charge in [0.25, 0.3) is 0 Å². The van der Waals surface area contributed by atoms with E-state index < -0.39 is 0 Å². The summed E-state index contributed by atoms with van der Waals surface area (Å²) in [5.74, 6) is 3.02. The van der Waals surface area contributed by atoms with Gasteiger partial charge in [-0.15, -0.1) is 0 Å². The number of aromatic nitrogens is 2. The smallest absolute Gasteiger partial charge is 0.317 e. The van der Waals surface area contributed by atoms with E-state index in [1.165, 1.54) is 44.2 Å². The first kappa shape index (κ1) is 16.9. The van der Waals surface area contributed by atoms with Crippen LogP contribution in [0.1, 0.15) is 63.0 Å². The van der Waals surface area contributed by atoms with E-state index in [1.54, 1.807) is 0 Å². The Kier molecular flexibility index (Phi) is 5.00. The monoisotopic (exact) mass is 344 g/mol. The van der Waals surface area contributed by atoms with Crippen LogP contribution in [0, 0.1) is 17.8 Å². The van der Waals surface area contributed by atoms with Gasteiger partial charge in [0, 0.05) is 44.5 Å². The highest BCUT2D eigenvalue weighted by atomic mass is 16.2. The zero-order chi connectivity index (χ0) is 17.2. The number of hydrogen-bond acceptors (Lipinski definition) is 2. The Bertz CT molecular complexity index is 568. The van der Waals surface area contributed by atoms with Gasteiger partial charge < -0.3 is 14.8 Å². The van der Waals surface area contributed by atoms with E-state index in [0.717, 1.165) is 50.2 Å². The van der Waals surface area contributed by atoms with Crippen molar-refractivity contribution in [3.63, 3.8) is 0 Å². The molecule has 1 aromatic heterocycles. The Hall–Kier alpha value is -1.52. The summed E-state index contributed by atoms with van der Waals surface area (Å²) in [6.45, 7) is 2.62. The number of imidazole rings is 1. The molecule has 3 fully saturated rings. The molecule has 1 saturated heterocycles. The fourth-order valence-electron chi connectivity index (χ4n) is 4.91. The lowest BCUT2D eigenvalue weighted by atomic mass is 9.64. The van der Waals surface area contributed by atoms with Crippen molar-refractivity contribution in [3.8, 4) is 0 Å². The number of hydrogen-bond donors (Lipinski definition) is 1. The van der Waals surface area contributed by atoms with E-state index in [1.807, 2.05) is 17.4 Å². The predicted octanol–water partition coefficient (Wildman–Crippen LogP) is 3.53. The lowest BCUT2D eigenvalue weighted by Gasteiger charge is -2.43. The first-order chi connectivity index (χ1) is 12.2. The Labute approximate surface area is 151 Å². The number of carbonyl (C=O) groups excluding carboxylic acids is 1. The van der Waals surface area contributed by atoms with Crippen LogP contribution in [0.5, 0.6) is 0 Å². The Morgan fingerprint density at radius 3 is 2.28 bits per heavy atom. The number of carbonyl (C=O) groups is 1. The van der Waals surface area contributed by atoms with E-state index in [0.29, 0.717) is 5.92 Å². The minimum atomic E-state index is 0.159. The minimum absolute atomic E-state index is 0.159. The first-order valence-corrected chi connectivity index (χ1v) is 10.2. The van der Waals surface area contributed by atoms with Gasteiger partial charge in [-0.25, -0.2) is 9.78 Å². The number of rotatable bonds is 5. The topological polar surface area (TPSA) is 50.2 Å². The van der Waals surface area contributed by atoms with Crippen molar-refractivity contribution in [3.05, 3.63) is 18.2 Å². The molecule has 2 saturated carbocycles. The molecule has 0 aromatic carbocycles. The van der Waals surface area contributed by atoms with Crippen molar-refractivity contribution < 1.29 is 4.79 Å². The number of nitrogens with zero attached hydrogens (tertiary/aromatic N) is 3. The van der Waals surface area contributed by atoms with Gasteiger partial charge in [-0.05, 0) is 30.6 Å². The van der Waals surface area contributed by atoms with Crippen LogP contribution < -0.4 is 5.32 Å². The van der Waals surface area contributed by atoms with Crippen molar-refractivity contribution in [2.24, 2.45) is 24.8 Å². The minimum Gasteiger partial charge on any atom is -0.338 e. The van der Waals surface area contributed by atoms with E-state index in [2.05, 4.69) is 21.9 Å². The fraction of sp³-hybridized carbons (Fsp3) is 0.800. The van der Waals surface area contributed by atoms with Crippen molar-refractivity contribution in [2.75, 3.05) is 19.6 Å². The highest BCUT2D eigenvalue weighted by Crippen LogP contribution is 2.44. The van der Waals surface area contributed by atoms with Gasteiger partial charge in [-0.1, -0.05) is 38.5 Å². The van der Waals surface area contributed by atoms with Crippen LogP contribution in [0.4, 0.5) is 4.79 Å². The average Bonchev–Trinajstić information content (AvgIpc) is 2.95. The molecule has 1 N–H and O–H groups in total. The second-order valence-corrected chi connectivity index (χ2v) is 8.42. The molecule has 138 valence electrons. The number of nitrogens with one attached hydrogen (secondary N) is 1. The summed E-state index contributed by atoms with van der Waals surface area (Å²) in [7, 11) is 2.06. The van der Waals surface area contributed by atoms with Crippen LogP contribution >= 0.6 is 0 Å². The van der Waals surface area contributed by atoms with E-state index >= 15 is 0 Å². The summed E-state index contributed by atoms with van der Waals surface area (Å²) in [6.07, 6.45) is 14.2. The highest BCUT2D eigenvalue weighted by molar-refractivity contribution is 5.74. The second kappa shape index (κ2) is 7.38. The molecule has 25 heavy (non-hydrogen) atoms. The molecule has 0 spiro atoms. The first-order valence-electron chi connectivity index (χ1n) is 10.2. The summed E-state index contributed by atoms with van der Waals surface area (Å²) in [5.41, 5.74) is 1.30. The Morgan fingerprint density at radius 2 is 1.80 bits per heavy atom. The molecule has 5 heteroatoms. The third-order valence-electron chi connectivity index (χ3n) is 7.05. The number of urea groups is 1. The standard InChI is InChI=1S/C20H32N4O/c1-23-14-21-13-19(23)17-8-10-24(11-9-17)20(25)22-12-18(15-4-2-5-15)16-6-3-7-16/h13-18H,2-12H2,1H3,(H,22,25).